The molecule has 0 atom stereocenters. The quantitative estimate of drug-likeness (QED) is 0.719. The van der Waals surface area contributed by atoms with Crippen LogP contribution in [0, 0.1) is 0 Å². The maximum absolute atomic E-state index is 4.77. The highest BCUT2D eigenvalue weighted by atomic mass is 15.3. The molecule has 0 bridgehead atoms. The van der Waals surface area contributed by atoms with Crippen molar-refractivity contribution in [1.29, 1.82) is 0 Å². The average molecular weight is 340 g/mol. The highest BCUT2D eigenvalue weighted by Crippen LogP contribution is 2.26. The average Bonchev–Trinajstić information content (AvgIpc) is 2.69. The van der Waals surface area contributed by atoms with E-state index < -0.39 is 0 Å². The Balaban J connectivity index is 1.66. The molecular formula is C19H28N6. The number of piperidine rings is 1. The van der Waals surface area contributed by atoms with Gasteiger partial charge in [0.25, 0.3) is 0 Å². The fraction of sp³-hybridized carbons (Fsp3) is 0.474. The molecule has 0 aliphatic carbocycles. The molecule has 6 nitrogen and oxygen atoms in total. The van der Waals surface area contributed by atoms with Crippen LogP contribution in [0.2, 0.25) is 0 Å². The van der Waals surface area contributed by atoms with Crippen LogP contribution in [0.1, 0.15) is 18.4 Å². The molecule has 1 aliphatic rings. The van der Waals surface area contributed by atoms with Crippen LogP contribution >= 0.6 is 0 Å². The summed E-state index contributed by atoms with van der Waals surface area (Å²) >= 11 is 0. The minimum Gasteiger partial charge on any atom is -0.384 e. The third kappa shape index (κ3) is 4.60. The van der Waals surface area contributed by atoms with Gasteiger partial charge in [-0.1, -0.05) is 30.3 Å². The molecule has 1 fully saturated rings. The Labute approximate surface area is 150 Å². The van der Waals surface area contributed by atoms with Crippen molar-refractivity contribution in [2.45, 2.75) is 25.3 Å². The van der Waals surface area contributed by atoms with Crippen LogP contribution in [0.25, 0.3) is 0 Å². The van der Waals surface area contributed by atoms with E-state index in [4.69, 9.17) is 4.98 Å². The van der Waals surface area contributed by atoms with Crippen LogP contribution in [0.3, 0.4) is 0 Å². The van der Waals surface area contributed by atoms with E-state index in [0.717, 1.165) is 50.4 Å². The number of benzene rings is 1. The Hall–Kier alpha value is -2.34. The van der Waals surface area contributed by atoms with Crippen molar-refractivity contribution in [3.05, 3.63) is 42.1 Å². The summed E-state index contributed by atoms with van der Waals surface area (Å²) in [6.07, 6.45) is 5.10. The predicted molar refractivity (Wildman–Crippen MR) is 105 cm³/mol. The lowest BCUT2D eigenvalue weighted by Crippen LogP contribution is -2.41. The van der Waals surface area contributed by atoms with Crippen LogP contribution in [-0.2, 0) is 6.42 Å². The Morgan fingerprint density at radius 3 is 2.68 bits per heavy atom. The molecule has 25 heavy (non-hydrogen) atoms. The lowest BCUT2D eigenvalue weighted by atomic mass is 10.1. The summed E-state index contributed by atoms with van der Waals surface area (Å²) in [5, 5.41) is 9.99. The molecule has 1 aromatic carbocycles. The highest BCUT2D eigenvalue weighted by molar-refractivity contribution is 5.66. The van der Waals surface area contributed by atoms with E-state index in [-0.39, 0.29) is 0 Å². The zero-order valence-corrected chi connectivity index (χ0v) is 15.1. The molecule has 2 aromatic rings. The van der Waals surface area contributed by atoms with E-state index in [9.17, 15) is 0 Å². The molecule has 3 N–H and O–H groups in total. The van der Waals surface area contributed by atoms with E-state index in [1.807, 2.05) is 19.3 Å². The standard InChI is InChI=1S/C19H28N6/c1-20-17-14-23-19(22-13-8-15-6-4-3-5-7-15)24-18(17)25(2)16-9-11-21-12-10-16/h3-7,14,16,20-21H,8-13H2,1-2H3,(H,22,23,24). The zero-order valence-electron chi connectivity index (χ0n) is 15.1. The monoisotopic (exact) mass is 340 g/mol. The van der Waals surface area contributed by atoms with Crippen LogP contribution in [-0.4, -0.2) is 49.7 Å². The first-order valence-electron chi connectivity index (χ1n) is 9.04. The van der Waals surface area contributed by atoms with Gasteiger partial charge in [-0.2, -0.15) is 4.98 Å². The lowest BCUT2D eigenvalue weighted by molar-refractivity contribution is 0.442. The van der Waals surface area contributed by atoms with Crippen molar-refractivity contribution in [2.75, 3.05) is 49.3 Å². The van der Waals surface area contributed by atoms with E-state index in [2.05, 4.69) is 57.1 Å². The number of hydrogen-bond donors (Lipinski definition) is 3. The molecule has 0 spiro atoms. The molecule has 3 rings (SSSR count). The van der Waals surface area contributed by atoms with Gasteiger partial charge in [-0.25, -0.2) is 4.98 Å². The normalized spacial score (nSPS) is 15.0. The molecule has 134 valence electrons. The summed E-state index contributed by atoms with van der Waals surface area (Å²) in [6.45, 7) is 2.95. The smallest absolute Gasteiger partial charge is 0.224 e. The molecule has 0 radical (unpaired) electrons. The van der Waals surface area contributed by atoms with Gasteiger partial charge in [-0.05, 0) is 37.9 Å². The zero-order chi connectivity index (χ0) is 17.5. The van der Waals surface area contributed by atoms with Gasteiger partial charge >= 0.3 is 0 Å². The van der Waals surface area contributed by atoms with Crippen molar-refractivity contribution in [1.82, 2.24) is 15.3 Å². The van der Waals surface area contributed by atoms with Gasteiger partial charge in [0.15, 0.2) is 5.82 Å². The topological polar surface area (TPSA) is 65.1 Å². The highest BCUT2D eigenvalue weighted by Gasteiger charge is 2.21. The molecule has 0 unspecified atom stereocenters. The maximum Gasteiger partial charge on any atom is 0.224 e. The Kier molecular flexibility index (Phi) is 6.06. The summed E-state index contributed by atoms with van der Waals surface area (Å²) in [5.74, 6) is 1.65. The summed E-state index contributed by atoms with van der Waals surface area (Å²) in [6, 6.07) is 11.0. The Morgan fingerprint density at radius 2 is 1.96 bits per heavy atom. The van der Waals surface area contributed by atoms with Crippen molar-refractivity contribution in [3.8, 4) is 0 Å². The van der Waals surface area contributed by atoms with Crippen LogP contribution < -0.4 is 20.9 Å². The van der Waals surface area contributed by atoms with Crippen LogP contribution in [0.15, 0.2) is 36.5 Å². The first kappa shape index (κ1) is 17.5. The molecule has 1 aromatic heterocycles. The summed E-state index contributed by atoms with van der Waals surface area (Å²) < 4.78 is 0. The third-order valence-electron chi connectivity index (χ3n) is 4.77. The molecule has 0 amide bonds. The maximum atomic E-state index is 4.77. The largest absolute Gasteiger partial charge is 0.384 e. The number of nitrogens with one attached hydrogen (secondary N) is 3. The summed E-state index contributed by atoms with van der Waals surface area (Å²) in [4.78, 5) is 11.5. The van der Waals surface area contributed by atoms with E-state index in [0.29, 0.717) is 12.0 Å². The molecule has 2 heterocycles. The second-order valence-electron chi connectivity index (χ2n) is 6.44. The number of rotatable bonds is 7. The van der Waals surface area contributed by atoms with Gasteiger partial charge < -0.3 is 20.9 Å². The Bertz CT molecular complexity index is 654. The third-order valence-corrected chi connectivity index (χ3v) is 4.77. The van der Waals surface area contributed by atoms with Gasteiger partial charge in [0.2, 0.25) is 5.95 Å². The lowest BCUT2D eigenvalue weighted by Gasteiger charge is -2.33. The molecule has 1 saturated heterocycles. The second kappa shape index (κ2) is 8.67. The van der Waals surface area contributed by atoms with Gasteiger partial charge in [-0.15, -0.1) is 0 Å². The first-order valence-corrected chi connectivity index (χ1v) is 9.04. The minimum atomic E-state index is 0.514. The SMILES string of the molecule is CNc1cnc(NCCc2ccccc2)nc1N(C)C1CCNCC1. The van der Waals surface area contributed by atoms with E-state index in [1.165, 1.54) is 5.56 Å². The fourth-order valence-electron chi connectivity index (χ4n) is 3.23. The second-order valence-corrected chi connectivity index (χ2v) is 6.44. The summed E-state index contributed by atoms with van der Waals surface area (Å²) in [5.41, 5.74) is 2.28. The van der Waals surface area contributed by atoms with Gasteiger partial charge in [0.05, 0.1) is 11.9 Å². The van der Waals surface area contributed by atoms with Crippen LogP contribution in [0.5, 0.6) is 0 Å². The van der Waals surface area contributed by atoms with Gasteiger partial charge in [0, 0.05) is 26.7 Å². The number of nitrogens with zero attached hydrogens (tertiary/aromatic N) is 3. The molecule has 0 saturated carbocycles. The first-order chi connectivity index (χ1) is 12.3. The number of anilines is 3. The van der Waals surface area contributed by atoms with Crippen molar-refractivity contribution >= 4 is 17.5 Å². The number of aromatic nitrogens is 2. The molecule has 1 aliphatic heterocycles. The summed E-state index contributed by atoms with van der Waals surface area (Å²) in [7, 11) is 4.05. The minimum absolute atomic E-state index is 0.514. The molecular weight excluding hydrogens is 312 g/mol. The van der Waals surface area contributed by atoms with E-state index >= 15 is 0 Å². The number of hydrogen-bond acceptors (Lipinski definition) is 6. The van der Waals surface area contributed by atoms with Crippen molar-refractivity contribution in [2.24, 2.45) is 0 Å². The molecule has 6 heteroatoms. The predicted octanol–water partition coefficient (Wildman–Crippen LogP) is 2.36. The van der Waals surface area contributed by atoms with Gasteiger partial charge in [-0.3, -0.25) is 0 Å². The van der Waals surface area contributed by atoms with Crippen molar-refractivity contribution in [3.63, 3.8) is 0 Å². The fourth-order valence-corrected chi connectivity index (χ4v) is 3.23. The van der Waals surface area contributed by atoms with E-state index in [1.54, 1.807) is 0 Å². The van der Waals surface area contributed by atoms with Crippen LogP contribution in [0.4, 0.5) is 17.5 Å². The van der Waals surface area contributed by atoms with Gasteiger partial charge in [0.1, 0.15) is 0 Å². The van der Waals surface area contributed by atoms with Crippen molar-refractivity contribution < 1.29 is 0 Å². The Morgan fingerprint density at radius 1 is 1.20 bits per heavy atom.